The molecule has 0 radical (unpaired) electrons. The second-order valence-corrected chi connectivity index (χ2v) is 5.82. The Morgan fingerprint density at radius 2 is 1.82 bits per heavy atom. The molecule has 0 aliphatic rings. The zero-order valence-electron chi connectivity index (χ0n) is 9.01. The predicted molar refractivity (Wildman–Crippen MR) is 63.1 cm³/mol. The number of aliphatic carboxylic acids is 1. The minimum atomic E-state index is -1.62. The maximum Gasteiger partial charge on any atom is 0.407 e. The normalized spacial score (nSPS) is 11.0. The van der Waals surface area contributed by atoms with Crippen molar-refractivity contribution in [3.05, 3.63) is 0 Å². The molecular formula is C9H13Cl3NO4-. The summed E-state index contributed by atoms with van der Waals surface area (Å²) in [4.78, 5) is 21.1. The second kappa shape index (κ2) is 8.66. The molecule has 100 valence electrons. The van der Waals surface area contributed by atoms with Crippen molar-refractivity contribution in [1.82, 2.24) is 5.32 Å². The highest BCUT2D eigenvalue weighted by Gasteiger charge is 2.21. The lowest BCUT2D eigenvalue weighted by Crippen LogP contribution is -2.28. The number of hydrogen-bond donors (Lipinski definition) is 1. The van der Waals surface area contributed by atoms with Crippen LogP contribution in [0.25, 0.3) is 0 Å². The van der Waals surface area contributed by atoms with E-state index in [1.807, 2.05) is 0 Å². The Morgan fingerprint density at radius 3 is 2.35 bits per heavy atom. The lowest BCUT2D eigenvalue weighted by atomic mass is 10.2. The van der Waals surface area contributed by atoms with Gasteiger partial charge in [-0.1, -0.05) is 41.2 Å². The maximum absolute atomic E-state index is 11.0. The number of carboxylic acid groups (broad SMARTS) is 1. The fourth-order valence-corrected chi connectivity index (χ4v) is 1.12. The minimum Gasteiger partial charge on any atom is -0.550 e. The van der Waals surface area contributed by atoms with E-state index in [0.29, 0.717) is 25.8 Å². The standard InChI is InChI=1S/C9H14Cl3NO4/c10-9(11,12)6-17-8(16)13-5-3-1-2-4-7(14)15/h1-6H2,(H,13,16)(H,14,15)/p-1. The topological polar surface area (TPSA) is 78.5 Å². The maximum atomic E-state index is 11.0. The molecule has 5 nitrogen and oxygen atoms in total. The van der Waals surface area contributed by atoms with Crippen molar-refractivity contribution in [2.24, 2.45) is 0 Å². The van der Waals surface area contributed by atoms with Crippen molar-refractivity contribution >= 4 is 46.9 Å². The lowest BCUT2D eigenvalue weighted by molar-refractivity contribution is -0.305. The molecule has 0 saturated carbocycles. The number of alkyl halides is 3. The van der Waals surface area contributed by atoms with Gasteiger partial charge in [-0.05, 0) is 19.3 Å². The van der Waals surface area contributed by atoms with Gasteiger partial charge in [-0.15, -0.1) is 0 Å². The number of nitrogens with one attached hydrogen (secondary N) is 1. The van der Waals surface area contributed by atoms with E-state index in [4.69, 9.17) is 34.8 Å². The smallest absolute Gasteiger partial charge is 0.407 e. The fourth-order valence-electron chi connectivity index (χ4n) is 0.960. The second-order valence-electron chi connectivity index (χ2n) is 3.30. The first-order valence-electron chi connectivity index (χ1n) is 4.98. The molecule has 0 atom stereocenters. The number of hydrogen-bond acceptors (Lipinski definition) is 4. The zero-order chi connectivity index (χ0) is 13.3. The SMILES string of the molecule is O=C([O-])CCCCCNC(=O)OCC(Cl)(Cl)Cl. The highest BCUT2D eigenvalue weighted by Crippen LogP contribution is 2.25. The third-order valence-electron chi connectivity index (χ3n) is 1.69. The van der Waals surface area contributed by atoms with Crippen molar-refractivity contribution in [2.45, 2.75) is 29.5 Å². The molecule has 1 amide bonds. The van der Waals surface area contributed by atoms with Crippen molar-refractivity contribution < 1.29 is 19.4 Å². The molecule has 0 heterocycles. The number of amides is 1. The first-order valence-corrected chi connectivity index (χ1v) is 6.12. The lowest BCUT2D eigenvalue weighted by Gasteiger charge is -2.11. The van der Waals surface area contributed by atoms with Gasteiger partial charge in [0.1, 0.15) is 6.61 Å². The van der Waals surface area contributed by atoms with E-state index in [1.54, 1.807) is 0 Å². The molecular weight excluding hydrogens is 292 g/mol. The quantitative estimate of drug-likeness (QED) is 0.569. The summed E-state index contributed by atoms with van der Waals surface area (Å²) in [5.74, 6) is -1.07. The van der Waals surface area contributed by atoms with E-state index in [1.165, 1.54) is 0 Å². The Kier molecular flexibility index (Phi) is 8.47. The molecule has 0 aliphatic carbocycles. The molecule has 0 bridgehead atoms. The van der Waals surface area contributed by atoms with Crippen LogP contribution in [-0.2, 0) is 9.53 Å². The summed E-state index contributed by atoms with van der Waals surface area (Å²) >= 11 is 16.1. The Hall–Kier alpha value is -0.390. The van der Waals surface area contributed by atoms with Gasteiger partial charge in [0.25, 0.3) is 0 Å². The van der Waals surface area contributed by atoms with Crippen LogP contribution in [-0.4, -0.2) is 29.0 Å². The van der Waals surface area contributed by atoms with E-state index < -0.39 is 15.9 Å². The van der Waals surface area contributed by atoms with Crippen molar-refractivity contribution in [1.29, 1.82) is 0 Å². The van der Waals surface area contributed by atoms with Crippen LogP contribution in [0.5, 0.6) is 0 Å². The van der Waals surface area contributed by atoms with E-state index in [0.717, 1.165) is 0 Å². The molecule has 8 heteroatoms. The Labute approximate surface area is 114 Å². The molecule has 0 spiro atoms. The molecule has 0 saturated heterocycles. The van der Waals surface area contributed by atoms with Crippen LogP contribution in [0.1, 0.15) is 25.7 Å². The van der Waals surface area contributed by atoms with E-state index >= 15 is 0 Å². The van der Waals surface area contributed by atoms with Gasteiger partial charge in [-0.3, -0.25) is 0 Å². The van der Waals surface area contributed by atoms with Crippen LogP contribution in [0, 0.1) is 0 Å². The summed E-state index contributed by atoms with van der Waals surface area (Å²) in [6.45, 7) is 0.0555. The molecule has 17 heavy (non-hydrogen) atoms. The Morgan fingerprint density at radius 1 is 1.18 bits per heavy atom. The van der Waals surface area contributed by atoms with Crippen LogP contribution < -0.4 is 10.4 Å². The van der Waals surface area contributed by atoms with Gasteiger partial charge in [0.2, 0.25) is 3.79 Å². The molecule has 0 fully saturated rings. The first-order chi connectivity index (χ1) is 7.81. The summed E-state index contributed by atoms with van der Waals surface area (Å²) in [6.07, 6.45) is 1.20. The number of alkyl carbamates (subject to hydrolysis) is 1. The predicted octanol–water partition coefficient (Wildman–Crippen LogP) is 1.39. The van der Waals surface area contributed by atoms with Gasteiger partial charge in [0, 0.05) is 12.5 Å². The van der Waals surface area contributed by atoms with Crippen LogP contribution in [0.3, 0.4) is 0 Å². The molecule has 1 N–H and O–H groups in total. The molecule has 0 aliphatic heterocycles. The molecule has 0 rings (SSSR count). The van der Waals surface area contributed by atoms with Crippen LogP contribution in [0.15, 0.2) is 0 Å². The summed E-state index contributed by atoms with van der Waals surface area (Å²) in [5.41, 5.74) is 0. The van der Waals surface area contributed by atoms with Gasteiger partial charge in [-0.25, -0.2) is 4.79 Å². The number of carbonyl (C=O) groups excluding carboxylic acids is 2. The van der Waals surface area contributed by atoms with E-state index in [-0.39, 0.29) is 13.0 Å². The van der Waals surface area contributed by atoms with Crippen LogP contribution in [0.2, 0.25) is 0 Å². The fraction of sp³-hybridized carbons (Fsp3) is 0.778. The minimum absolute atomic E-state index is 0.0255. The van der Waals surface area contributed by atoms with Gasteiger partial charge in [0.05, 0.1) is 0 Å². The summed E-state index contributed by atoms with van der Waals surface area (Å²) in [7, 11) is 0. The average molecular weight is 306 g/mol. The number of ether oxygens (including phenoxy) is 1. The van der Waals surface area contributed by atoms with Crippen LogP contribution >= 0.6 is 34.8 Å². The van der Waals surface area contributed by atoms with Gasteiger partial charge >= 0.3 is 6.09 Å². The van der Waals surface area contributed by atoms with Gasteiger partial charge in [0.15, 0.2) is 0 Å². The molecule has 0 aromatic carbocycles. The molecule has 0 aromatic rings. The largest absolute Gasteiger partial charge is 0.550 e. The number of rotatable bonds is 7. The van der Waals surface area contributed by atoms with Crippen LogP contribution in [0.4, 0.5) is 4.79 Å². The van der Waals surface area contributed by atoms with E-state index in [9.17, 15) is 14.7 Å². The van der Waals surface area contributed by atoms with Gasteiger partial charge in [-0.2, -0.15) is 0 Å². The number of unbranched alkanes of at least 4 members (excludes halogenated alkanes) is 2. The van der Waals surface area contributed by atoms with Crippen molar-refractivity contribution in [2.75, 3.05) is 13.2 Å². The Balaban J connectivity index is 3.37. The highest BCUT2D eigenvalue weighted by atomic mass is 35.6. The number of carbonyl (C=O) groups is 2. The first kappa shape index (κ1) is 16.6. The van der Waals surface area contributed by atoms with Gasteiger partial charge < -0.3 is 20.0 Å². The highest BCUT2D eigenvalue weighted by molar-refractivity contribution is 6.67. The zero-order valence-corrected chi connectivity index (χ0v) is 11.3. The molecule has 0 aromatic heterocycles. The average Bonchev–Trinajstić information content (AvgIpc) is 2.19. The van der Waals surface area contributed by atoms with Crippen molar-refractivity contribution in [3.63, 3.8) is 0 Å². The monoisotopic (exact) mass is 304 g/mol. The van der Waals surface area contributed by atoms with Crippen molar-refractivity contribution in [3.8, 4) is 0 Å². The summed E-state index contributed by atoms with van der Waals surface area (Å²) in [6, 6.07) is 0. The van der Waals surface area contributed by atoms with E-state index in [2.05, 4.69) is 10.1 Å². The molecule has 0 unspecified atom stereocenters. The summed E-state index contributed by atoms with van der Waals surface area (Å²) in [5, 5.41) is 12.5. The Bertz CT molecular complexity index is 255. The third kappa shape index (κ3) is 13.5. The number of carboxylic acids is 1. The summed E-state index contributed by atoms with van der Waals surface area (Å²) < 4.78 is 2.98. The number of halogens is 3. The third-order valence-corrected chi connectivity index (χ3v) is 2.02.